The van der Waals surface area contributed by atoms with Gasteiger partial charge in [-0.15, -0.1) is 11.3 Å². The highest BCUT2D eigenvalue weighted by Gasteiger charge is 2.35. The molecule has 0 fully saturated rings. The van der Waals surface area contributed by atoms with Crippen LogP contribution >= 0.6 is 34.5 Å². The number of nitrogens with zero attached hydrogens (tertiary/aromatic N) is 2. The predicted octanol–water partition coefficient (Wildman–Crippen LogP) is 4.09. The fraction of sp³-hybridized carbons (Fsp3) is 0.304. The second-order valence-corrected chi connectivity index (χ2v) is 10.3. The van der Waals surface area contributed by atoms with Crippen LogP contribution in [-0.2, 0) is 11.3 Å². The molecule has 2 heterocycles. The molecule has 0 aliphatic rings. The Labute approximate surface area is 211 Å². The van der Waals surface area contributed by atoms with Crippen LogP contribution in [-0.4, -0.2) is 33.5 Å². The maximum atomic E-state index is 13.8. The van der Waals surface area contributed by atoms with Gasteiger partial charge in [-0.1, -0.05) is 43.6 Å². The zero-order valence-electron chi connectivity index (χ0n) is 18.8. The van der Waals surface area contributed by atoms with Gasteiger partial charge in [0, 0.05) is 16.4 Å². The number of halogens is 1. The van der Waals surface area contributed by atoms with Crippen molar-refractivity contribution >= 4 is 57.9 Å². The number of carbonyl (C=O) groups excluding carboxylic acids is 3. The number of benzene rings is 1. The van der Waals surface area contributed by atoms with E-state index < -0.39 is 17.9 Å². The maximum Gasteiger partial charge on any atom is 0.270 e. The van der Waals surface area contributed by atoms with E-state index in [1.165, 1.54) is 16.2 Å². The molecule has 2 aromatic heterocycles. The van der Waals surface area contributed by atoms with Crippen LogP contribution in [0.25, 0.3) is 0 Å². The van der Waals surface area contributed by atoms with Gasteiger partial charge in [0.15, 0.2) is 5.69 Å². The highest BCUT2D eigenvalue weighted by atomic mass is 35.5. The maximum absolute atomic E-state index is 13.8. The summed E-state index contributed by atoms with van der Waals surface area (Å²) < 4.78 is 3.95. The fourth-order valence-electron chi connectivity index (χ4n) is 3.31. The average molecular weight is 520 g/mol. The van der Waals surface area contributed by atoms with Gasteiger partial charge in [0.25, 0.3) is 11.8 Å². The third-order valence-electron chi connectivity index (χ3n) is 5.09. The summed E-state index contributed by atoms with van der Waals surface area (Å²) in [6, 6.07) is 9.57. The summed E-state index contributed by atoms with van der Waals surface area (Å²) in [7, 11) is 0. The number of primary amides is 1. The van der Waals surface area contributed by atoms with Crippen LogP contribution in [0.1, 0.15) is 56.9 Å². The molecule has 34 heavy (non-hydrogen) atoms. The molecular formula is C23H26ClN5O3S2. The highest BCUT2D eigenvalue weighted by molar-refractivity contribution is 7.10. The minimum Gasteiger partial charge on any atom is -0.395 e. The van der Waals surface area contributed by atoms with Crippen LogP contribution in [0.3, 0.4) is 0 Å². The lowest BCUT2D eigenvalue weighted by molar-refractivity contribution is -0.126. The first kappa shape index (κ1) is 25.7. The van der Waals surface area contributed by atoms with Gasteiger partial charge in [-0.05, 0) is 53.0 Å². The fourth-order valence-corrected chi connectivity index (χ4v) is 4.90. The number of thiophene rings is 1. The van der Waals surface area contributed by atoms with Gasteiger partial charge < -0.3 is 21.7 Å². The van der Waals surface area contributed by atoms with Crippen molar-refractivity contribution in [3.05, 3.63) is 67.8 Å². The molecule has 0 bridgehead atoms. The van der Waals surface area contributed by atoms with Gasteiger partial charge >= 0.3 is 0 Å². The smallest absolute Gasteiger partial charge is 0.270 e. The lowest BCUT2D eigenvalue weighted by atomic mass is 10.0. The number of nitrogen functional groups attached to an aromatic ring is 1. The molecule has 1 unspecified atom stereocenters. The van der Waals surface area contributed by atoms with Crippen LogP contribution in [0.2, 0.25) is 5.02 Å². The summed E-state index contributed by atoms with van der Waals surface area (Å²) >= 11 is 8.32. The summed E-state index contributed by atoms with van der Waals surface area (Å²) in [6.07, 6.45) is 0.793. The van der Waals surface area contributed by atoms with Crippen LogP contribution in [0.5, 0.6) is 0 Å². The second kappa shape index (κ2) is 11.5. The largest absolute Gasteiger partial charge is 0.395 e. The number of aromatic nitrogens is 1. The number of hydrogen-bond acceptors (Lipinski definition) is 7. The van der Waals surface area contributed by atoms with E-state index in [0.29, 0.717) is 23.0 Å². The molecule has 3 amide bonds. The summed E-state index contributed by atoms with van der Waals surface area (Å²) in [5.41, 5.74) is 11.7. The average Bonchev–Trinajstić information content (AvgIpc) is 3.43. The van der Waals surface area contributed by atoms with E-state index >= 15 is 0 Å². The van der Waals surface area contributed by atoms with Crippen molar-refractivity contribution in [2.45, 2.75) is 32.9 Å². The Balaban J connectivity index is 2.05. The number of amides is 3. The van der Waals surface area contributed by atoms with Crippen LogP contribution < -0.4 is 16.8 Å². The van der Waals surface area contributed by atoms with Crippen LogP contribution in [0.4, 0.5) is 5.69 Å². The monoisotopic (exact) mass is 519 g/mol. The van der Waals surface area contributed by atoms with Gasteiger partial charge in [0.05, 0.1) is 12.2 Å². The minimum atomic E-state index is -0.961. The summed E-state index contributed by atoms with van der Waals surface area (Å²) in [5, 5.41) is 5.36. The molecule has 3 aromatic rings. The van der Waals surface area contributed by atoms with Gasteiger partial charge in [-0.3, -0.25) is 14.4 Å². The molecule has 11 heteroatoms. The van der Waals surface area contributed by atoms with Gasteiger partial charge in [0.2, 0.25) is 5.91 Å². The van der Waals surface area contributed by atoms with Crippen molar-refractivity contribution in [2.75, 3.05) is 12.3 Å². The Kier molecular flexibility index (Phi) is 8.65. The van der Waals surface area contributed by atoms with Gasteiger partial charge in [0.1, 0.15) is 10.9 Å². The van der Waals surface area contributed by atoms with E-state index in [1.54, 1.807) is 24.3 Å². The predicted molar refractivity (Wildman–Crippen MR) is 136 cm³/mol. The van der Waals surface area contributed by atoms with E-state index in [-0.39, 0.29) is 28.7 Å². The zero-order chi connectivity index (χ0) is 24.8. The molecule has 1 atom stereocenters. The first-order valence-corrected chi connectivity index (χ1v) is 12.6. The summed E-state index contributed by atoms with van der Waals surface area (Å²) in [5.74, 6) is -1.26. The number of hydrogen-bond donors (Lipinski definition) is 3. The molecule has 0 aliphatic heterocycles. The van der Waals surface area contributed by atoms with Gasteiger partial charge in [-0.25, -0.2) is 0 Å². The molecule has 0 radical (unpaired) electrons. The van der Waals surface area contributed by atoms with E-state index in [9.17, 15) is 14.4 Å². The first-order valence-electron chi connectivity index (χ1n) is 10.6. The van der Waals surface area contributed by atoms with Crippen molar-refractivity contribution in [2.24, 2.45) is 11.7 Å². The third-order valence-corrected chi connectivity index (χ3v) is 7.05. The molecule has 180 valence electrons. The number of nitrogens with two attached hydrogens (primary N) is 2. The quantitative estimate of drug-likeness (QED) is 0.371. The topological polar surface area (TPSA) is 131 Å². The number of rotatable bonds is 10. The molecule has 0 spiro atoms. The van der Waals surface area contributed by atoms with E-state index in [4.69, 9.17) is 23.1 Å². The normalized spacial score (nSPS) is 11.9. The second-order valence-electron chi connectivity index (χ2n) is 8.08. The van der Waals surface area contributed by atoms with E-state index in [0.717, 1.165) is 22.8 Å². The lowest BCUT2D eigenvalue weighted by Crippen LogP contribution is -2.43. The summed E-state index contributed by atoms with van der Waals surface area (Å²) in [4.78, 5) is 41.2. The third kappa shape index (κ3) is 6.13. The Morgan fingerprint density at radius 2 is 1.88 bits per heavy atom. The van der Waals surface area contributed by atoms with Crippen LogP contribution in [0, 0.1) is 5.92 Å². The Morgan fingerprint density at radius 3 is 2.44 bits per heavy atom. The van der Waals surface area contributed by atoms with Crippen molar-refractivity contribution < 1.29 is 14.4 Å². The lowest BCUT2D eigenvalue weighted by Gasteiger charge is -2.31. The molecule has 0 saturated heterocycles. The Hall–Kier alpha value is -2.95. The minimum absolute atomic E-state index is 0.0549. The molecule has 5 N–H and O–H groups in total. The number of anilines is 1. The number of carbonyl (C=O) groups is 3. The van der Waals surface area contributed by atoms with Crippen molar-refractivity contribution in [1.29, 1.82) is 0 Å². The highest BCUT2D eigenvalue weighted by Crippen LogP contribution is 2.31. The number of nitrogens with one attached hydrogen (secondary N) is 1. The Morgan fingerprint density at radius 1 is 1.18 bits per heavy atom. The van der Waals surface area contributed by atoms with Crippen molar-refractivity contribution in [1.82, 2.24) is 14.6 Å². The SMILES string of the molecule is CC(C)CCNC(=O)C(c1ccc(Cl)cc1)N(Cc1cccs1)C(=O)c1snc(C(N)=O)c1N. The van der Waals surface area contributed by atoms with Crippen molar-refractivity contribution in [3.63, 3.8) is 0 Å². The van der Waals surface area contributed by atoms with Gasteiger partial charge in [-0.2, -0.15) is 4.37 Å². The molecule has 0 saturated carbocycles. The molecule has 0 aliphatic carbocycles. The zero-order valence-corrected chi connectivity index (χ0v) is 21.2. The standard InChI is InChI=1S/C23H26ClN5O3S2/c1-13(2)9-10-27-22(31)19(14-5-7-15(24)8-6-14)29(12-16-4-3-11-33-16)23(32)20-17(25)18(21(26)30)28-34-20/h3-8,11,13,19H,9-10,12,25H2,1-2H3,(H2,26,30)(H,27,31). The molecule has 8 nitrogen and oxygen atoms in total. The Bertz CT molecular complexity index is 1150. The van der Waals surface area contributed by atoms with Crippen molar-refractivity contribution in [3.8, 4) is 0 Å². The van der Waals surface area contributed by atoms with Crippen LogP contribution in [0.15, 0.2) is 41.8 Å². The first-order chi connectivity index (χ1) is 16.2. The summed E-state index contributed by atoms with van der Waals surface area (Å²) in [6.45, 7) is 4.76. The molecular weight excluding hydrogens is 494 g/mol. The molecule has 1 aromatic carbocycles. The van der Waals surface area contributed by atoms with E-state index in [2.05, 4.69) is 23.5 Å². The molecule has 3 rings (SSSR count). The van der Waals surface area contributed by atoms with E-state index in [1.807, 2.05) is 17.5 Å².